The van der Waals surface area contributed by atoms with Crippen LogP contribution < -0.4 is 16.0 Å². The summed E-state index contributed by atoms with van der Waals surface area (Å²) in [6.07, 6.45) is -1.02. The Labute approximate surface area is 243 Å². The predicted molar refractivity (Wildman–Crippen MR) is 151 cm³/mol. The van der Waals surface area contributed by atoms with Crippen LogP contribution in [0.4, 0.5) is 4.79 Å². The first-order chi connectivity index (χ1) is 20.4. The fourth-order valence-electron chi connectivity index (χ4n) is 3.56. The standard InChI is InChI=1S/C31H33N3O8/c35-27(18-33-31(39)42-22-25-14-8-3-9-15-25)32-19-28(36)34-26(30(38)41-21-24-12-6-2-7-13-24)16-17-29(37)40-20-23-10-4-1-5-11-23/h1-15,26H,16-22H2,(H,32,35)(H,33,39)(H,34,36). The molecule has 1 unspecified atom stereocenters. The zero-order valence-corrected chi connectivity index (χ0v) is 23.0. The molecule has 0 bridgehead atoms. The molecule has 0 fully saturated rings. The highest BCUT2D eigenvalue weighted by atomic mass is 16.5. The van der Waals surface area contributed by atoms with Gasteiger partial charge in [0.2, 0.25) is 11.8 Å². The lowest BCUT2D eigenvalue weighted by Gasteiger charge is -2.18. The number of alkyl carbamates (subject to hydrolysis) is 1. The Morgan fingerprint density at radius 3 is 1.60 bits per heavy atom. The summed E-state index contributed by atoms with van der Waals surface area (Å²) in [7, 11) is 0. The van der Waals surface area contributed by atoms with Crippen molar-refractivity contribution >= 4 is 29.8 Å². The molecule has 3 aromatic carbocycles. The Bertz CT molecular complexity index is 1300. The smallest absolute Gasteiger partial charge is 0.407 e. The first kappa shape index (κ1) is 31.3. The van der Waals surface area contributed by atoms with Crippen LogP contribution >= 0.6 is 0 Å². The van der Waals surface area contributed by atoms with Gasteiger partial charge in [-0.1, -0.05) is 91.0 Å². The predicted octanol–water partition coefficient (Wildman–Crippen LogP) is 2.78. The molecule has 1 atom stereocenters. The molecule has 0 aliphatic rings. The molecule has 0 heterocycles. The lowest BCUT2D eigenvalue weighted by molar-refractivity contribution is -0.150. The number of carbonyl (C=O) groups excluding carboxylic acids is 5. The molecule has 3 aromatic rings. The molecule has 0 aromatic heterocycles. The van der Waals surface area contributed by atoms with Crippen LogP contribution in [0, 0.1) is 0 Å². The van der Waals surface area contributed by atoms with E-state index in [1.54, 1.807) is 48.5 Å². The summed E-state index contributed by atoms with van der Waals surface area (Å²) in [6.45, 7) is -0.794. The first-order valence-corrected chi connectivity index (χ1v) is 13.3. The third-order valence-electron chi connectivity index (χ3n) is 5.78. The summed E-state index contributed by atoms with van der Waals surface area (Å²) < 4.78 is 15.6. The van der Waals surface area contributed by atoms with Crippen molar-refractivity contribution in [1.82, 2.24) is 16.0 Å². The van der Waals surface area contributed by atoms with Crippen molar-refractivity contribution in [3.8, 4) is 0 Å². The van der Waals surface area contributed by atoms with E-state index in [4.69, 9.17) is 14.2 Å². The molecular formula is C31H33N3O8. The van der Waals surface area contributed by atoms with Crippen molar-refractivity contribution in [3.63, 3.8) is 0 Å². The van der Waals surface area contributed by atoms with Gasteiger partial charge in [-0.25, -0.2) is 9.59 Å². The maximum Gasteiger partial charge on any atom is 0.407 e. The largest absolute Gasteiger partial charge is 0.461 e. The molecule has 0 radical (unpaired) electrons. The molecule has 0 saturated carbocycles. The first-order valence-electron chi connectivity index (χ1n) is 13.3. The van der Waals surface area contributed by atoms with Gasteiger partial charge in [-0.2, -0.15) is 0 Å². The van der Waals surface area contributed by atoms with Crippen molar-refractivity contribution in [1.29, 1.82) is 0 Å². The van der Waals surface area contributed by atoms with Gasteiger partial charge in [0.25, 0.3) is 0 Å². The average Bonchev–Trinajstić information content (AvgIpc) is 3.03. The van der Waals surface area contributed by atoms with Crippen LogP contribution in [0.15, 0.2) is 91.0 Å². The van der Waals surface area contributed by atoms with Crippen molar-refractivity contribution in [2.75, 3.05) is 13.1 Å². The number of benzene rings is 3. The van der Waals surface area contributed by atoms with Gasteiger partial charge in [-0.05, 0) is 23.1 Å². The normalized spacial score (nSPS) is 11.0. The summed E-state index contributed by atoms with van der Waals surface area (Å²) in [5.41, 5.74) is 2.35. The van der Waals surface area contributed by atoms with Crippen molar-refractivity contribution in [2.45, 2.75) is 38.7 Å². The van der Waals surface area contributed by atoms with E-state index < -0.39 is 49.0 Å². The zero-order chi connectivity index (χ0) is 30.0. The molecule has 42 heavy (non-hydrogen) atoms. The molecule has 0 saturated heterocycles. The van der Waals surface area contributed by atoms with Gasteiger partial charge in [0.15, 0.2) is 0 Å². The van der Waals surface area contributed by atoms with Crippen LogP contribution in [-0.4, -0.2) is 49.0 Å². The van der Waals surface area contributed by atoms with Crippen LogP contribution in [0.25, 0.3) is 0 Å². The Hall–Kier alpha value is -5.19. The number of nitrogens with one attached hydrogen (secondary N) is 3. The van der Waals surface area contributed by atoms with E-state index in [9.17, 15) is 24.0 Å². The third-order valence-corrected chi connectivity index (χ3v) is 5.78. The van der Waals surface area contributed by atoms with E-state index in [-0.39, 0.29) is 32.7 Å². The van der Waals surface area contributed by atoms with Gasteiger partial charge < -0.3 is 30.2 Å². The van der Waals surface area contributed by atoms with Crippen LogP contribution in [-0.2, 0) is 53.2 Å². The van der Waals surface area contributed by atoms with Gasteiger partial charge in [0, 0.05) is 6.42 Å². The van der Waals surface area contributed by atoms with Gasteiger partial charge >= 0.3 is 18.0 Å². The second-order valence-corrected chi connectivity index (χ2v) is 9.09. The van der Waals surface area contributed by atoms with E-state index in [2.05, 4.69) is 16.0 Å². The third kappa shape index (κ3) is 12.3. The molecule has 220 valence electrons. The Balaban J connectivity index is 1.43. The Morgan fingerprint density at radius 1 is 0.571 bits per heavy atom. The maximum absolute atomic E-state index is 12.8. The molecule has 0 spiro atoms. The molecule has 0 aliphatic heterocycles. The fraction of sp³-hybridized carbons (Fsp3) is 0.258. The second-order valence-electron chi connectivity index (χ2n) is 9.09. The molecule has 11 heteroatoms. The molecule has 0 aliphatic carbocycles. The lowest BCUT2D eigenvalue weighted by Crippen LogP contribution is -2.47. The maximum atomic E-state index is 12.8. The van der Waals surface area contributed by atoms with Crippen LogP contribution in [0.5, 0.6) is 0 Å². The number of amides is 3. The van der Waals surface area contributed by atoms with Gasteiger partial charge in [0.05, 0.1) is 6.54 Å². The molecule has 11 nitrogen and oxygen atoms in total. The fourth-order valence-corrected chi connectivity index (χ4v) is 3.56. The summed E-state index contributed by atoms with van der Waals surface area (Å²) in [5.74, 6) is -2.62. The molecule has 3 amide bonds. The topological polar surface area (TPSA) is 149 Å². The lowest BCUT2D eigenvalue weighted by atomic mass is 10.1. The summed E-state index contributed by atoms with van der Waals surface area (Å²) in [6, 6.07) is 26.0. The number of carbonyl (C=O) groups is 5. The highest BCUT2D eigenvalue weighted by Gasteiger charge is 2.24. The molecular weight excluding hydrogens is 542 g/mol. The van der Waals surface area contributed by atoms with Crippen molar-refractivity contribution < 1.29 is 38.2 Å². The van der Waals surface area contributed by atoms with E-state index in [1.807, 2.05) is 42.5 Å². The molecule has 3 N–H and O–H groups in total. The van der Waals surface area contributed by atoms with Crippen LogP contribution in [0.1, 0.15) is 29.5 Å². The van der Waals surface area contributed by atoms with E-state index in [1.165, 1.54) is 0 Å². The number of ether oxygens (including phenoxy) is 3. The minimum absolute atomic E-state index is 0.0206. The summed E-state index contributed by atoms with van der Waals surface area (Å²) in [4.78, 5) is 61.5. The van der Waals surface area contributed by atoms with Gasteiger partial charge in [-0.15, -0.1) is 0 Å². The average molecular weight is 576 g/mol. The number of rotatable bonds is 15. The Kier molecular flexibility index (Phi) is 13.1. The van der Waals surface area contributed by atoms with Crippen LogP contribution in [0.3, 0.4) is 0 Å². The Morgan fingerprint density at radius 2 is 1.05 bits per heavy atom. The SMILES string of the molecule is O=C(CNC(=O)OCc1ccccc1)NCC(=O)NC(CCC(=O)OCc1ccccc1)C(=O)OCc1ccccc1. The van der Waals surface area contributed by atoms with E-state index >= 15 is 0 Å². The summed E-state index contributed by atoms with van der Waals surface area (Å²) >= 11 is 0. The monoisotopic (exact) mass is 575 g/mol. The highest BCUT2D eigenvalue weighted by Crippen LogP contribution is 2.08. The number of esters is 2. The number of hydrogen-bond donors (Lipinski definition) is 3. The van der Waals surface area contributed by atoms with Crippen LogP contribution in [0.2, 0.25) is 0 Å². The molecule has 3 rings (SSSR count). The highest BCUT2D eigenvalue weighted by molar-refractivity contribution is 5.89. The van der Waals surface area contributed by atoms with E-state index in [0.717, 1.165) is 16.7 Å². The van der Waals surface area contributed by atoms with E-state index in [0.29, 0.717) is 0 Å². The van der Waals surface area contributed by atoms with Gasteiger partial charge in [-0.3, -0.25) is 14.4 Å². The second kappa shape index (κ2) is 17.5. The minimum Gasteiger partial charge on any atom is -0.461 e. The van der Waals surface area contributed by atoms with Gasteiger partial charge in [0.1, 0.15) is 32.4 Å². The minimum atomic E-state index is -1.16. The van der Waals surface area contributed by atoms with Crippen molar-refractivity contribution in [3.05, 3.63) is 108 Å². The summed E-state index contributed by atoms with van der Waals surface area (Å²) in [5, 5.41) is 7.14. The quantitative estimate of drug-likeness (QED) is 0.185. The number of hydrogen-bond acceptors (Lipinski definition) is 8. The van der Waals surface area contributed by atoms with Crippen molar-refractivity contribution in [2.24, 2.45) is 0 Å². The zero-order valence-electron chi connectivity index (χ0n) is 23.0.